The third kappa shape index (κ3) is 3.76. The molecule has 2 nitrogen and oxygen atoms in total. The SMILES string of the molecule is CCNC1CCCc2ccc(OCC(CC)CC)cc21. The van der Waals surface area contributed by atoms with Crippen LogP contribution in [0, 0.1) is 5.92 Å². The number of hydrogen-bond acceptors (Lipinski definition) is 2. The lowest BCUT2D eigenvalue weighted by molar-refractivity contribution is 0.240. The molecule has 1 unspecified atom stereocenters. The molecule has 1 aliphatic rings. The zero-order valence-electron chi connectivity index (χ0n) is 13.2. The molecule has 2 rings (SSSR count). The topological polar surface area (TPSA) is 21.3 Å². The normalized spacial score (nSPS) is 18.1. The second kappa shape index (κ2) is 7.68. The van der Waals surface area contributed by atoms with Crippen molar-refractivity contribution < 1.29 is 4.74 Å². The van der Waals surface area contributed by atoms with Crippen molar-refractivity contribution in [2.75, 3.05) is 13.2 Å². The largest absolute Gasteiger partial charge is 0.493 e. The van der Waals surface area contributed by atoms with Crippen LogP contribution in [-0.4, -0.2) is 13.2 Å². The standard InChI is InChI=1S/C18H29NO/c1-4-14(5-2)13-20-16-11-10-15-8-7-9-18(19-6-3)17(15)12-16/h10-12,14,18-19H,4-9,13H2,1-3H3. The van der Waals surface area contributed by atoms with Gasteiger partial charge in [-0.2, -0.15) is 0 Å². The molecular formula is C18H29NO. The number of nitrogens with one attached hydrogen (secondary N) is 1. The maximum absolute atomic E-state index is 6.01. The Balaban J connectivity index is 2.07. The van der Waals surface area contributed by atoms with Crippen LogP contribution >= 0.6 is 0 Å². The number of aryl methyl sites for hydroxylation is 1. The molecule has 112 valence electrons. The Morgan fingerprint density at radius 2 is 2.05 bits per heavy atom. The second-order valence-electron chi connectivity index (χ2n) is 5.86. The van der Waals surface area contributed by atoms with Crippen LogP contribution in [0.25, 0.3) is 0 Å². The fraction of sp³-hybridized carbons (Fsp3) is 0.667. The highest BCUT2D eigenvalue weighted by molar-refractivity contribution is 5.39. The molecule has 0 spiro atoms. The summed E-state index contributed by atoms with van der Waals surface area (Å²) in [5, 5.41) is 3.60. The third-order valence-electron chi connectivity index (χ3n) is 4.52. The molecule has 1 atom stereocenters. The summed E-state index contributed by atoms with van der Waals surface area (Å²) in [6, 6.07) is 7.20. The highest BCUT2D eigenvalue weighted by atomic mass is 16.5. The van der Waals surface area contributed by atoms with Crippen molar-refractivity contribution in [1.82, 2.24) is 5.32 Å². The van der Waals surface area contributed by atoms with E-state index in [2.05, 4.69) is 44.3 Å². The number of benzene rings is 1. The first-order valence-electron chi connectivity index (χ1n) is 8.27. The Bertz CT molecular complexity index is 412. The van der Waals surface area contributed by atoms with Crippen LogP contribution in [0.5, 0.6) is 5.75 Å². The van der Waals surface area contributed by atoms with E-state index < -0.39 is 0 Å². The first kappa shape index (κ1) is 15.4. The highest BCUT2D eigenvalue weighted by Gasteiger charge is 2.20. The summed E-state index contributed by atoms with van der Waals surface area (Å²) in [7, 11) is 0. The number of ether oxygens (including phenoxy) is 1. The zero-order chi connectivity index (χ0) is 14.4. The molecular weight excluding hydrogens is 246 g/mol. The van der Waals surface area contributed by atoms with Gasteiger partial charge < -0.3 is 10.1 Å². The number of fused-ring (bicyclic) bond motifs is 1. The van der Waals surface area contributed by atoms with E-state index in [9.17, 15) is 0 Å². The Kier molecular flexibility index (Phi) is 5.90. The van der Waals surface area contributed by atoms with Gasteiger partial charge >= 0.3 is 0 Å². The van der Waals surface area contributed by atoms with Gasteiger partial charge in [-0.05, 0) is 55.0 Å². The van der Waals surface area contributed by atoms with E-state index in [1.807, 2.05) is 0 Å². The Hall–Kier alpha value is -1.02. The van der Waals surface area contributed by atoms with Gasteiger partial charge in [-0.1, -0.05) is 39.7 Å². The molecule has 0 aromatic heterocycles. The van der Waals surface area contributed by atoms with Gasteiger partial charge in [0.05, 0.1) is 6.61 Å². The molecule has 1 aromatic rings. The van der Waals surface area contributed by atoms with Gasteiger partial charge in [-0.3, -0.25) is 0 Å². The summed E-state index contributed by atoms with van der Waals surface area (Å²) in [5.41, 5.74) is 2.96. The summed E-state index contributed by atoms with van der Waals surface area (Å²) in [4.78, 5) is 0. The molecule has 1 aromatic carbocycles. The van der Waals surface area contributed by atoms with Gasteiger partial charge in [0.25, 0.3) is 0 Å². The van der Waals surface area contributed by atoms with Crippen molar-refractivity contribution in [2.24, 2.45) is 5.92 Å². The predicted octanol–water partition coefficient (Wildman–Crippen LogP) is 4.49. The molecule has 0 bridgehead atoms. The average molecular weight is 275 g/mol. The quantitative estimate of drug-likeness (QED) is 0.791. The van der Waals surface area contributed by atoms with Crippen LogP contribution in [0.4, 0.5) is 0 Å². The van der Waals surface area contributed by atoms with Crippen molar-refractivity contribution in [1.29, 1.82) is 0 Å². The van der Waals surface area contributed by atoms with Crippen LogP contribution in [0.15, 0.2) is 18.2 Å². The van der Waals surface area contributed by atoms with Crippen LogP contribution in [0.3, 0.4) is 0 Å². The molecule has 1 N–H and O–H groups in total. The van der Waals surface area contributed by atoms with E-state index in [4.69, 9.17) is 4.74 Å². The lowest BCUT2D eigenvalue weighted by Crippen LogP contribution is -2.25. The molecule has 0 saturated heterocycles. The first-order chi connectivity index (χ1) is 9.78. The minimum Gasteiger partial charge on any atom is -0.493 e. The first-order valence-corrected chi connectivity index (χ1v) is 8.27. The van der Waals surface area contributed by atoms with Gasteiger partial charge in [0, 0.05) is 6.04 Å². The summed E-state index contributed by atoms with van der Waals surface area (Å²) >= 11 is 0. The van der Waals surface area contributed by atoms with E-state index >= 15 is 0 Å². The summed E-state index contributed by atoms with van der Waals surface area (Å²) in [6.45, 7) is 8.54. The minimum absolute atomic E-state index is 0.514. The Labute approximate surface area is 123 Å². The summed E-state index contributed by atoms with van der Waals surface area (Å²) in [5.74, 6) is 1.72. The Morgan fingerprint density at radius 3 is 2.75 bits per heavy atom. The molecule has 0 saturated carbocycles. The lowest BCUT2D eigenvalue weighted by atomic mass is 9.87. The zero-order valence-corrected chi connectivity index (χ0v) is 13.2. The van der Waals surface area contributed by atoms with E-state index in [0.29, 0.717) is 12.0 Å². The monoisotopic (exact) mass is 275 g/mol. The summed E-state index contributed by atoms with van der Waals surface area (Å²) < 4.78 is 6.01. The average Bonchev–Trinajstić information content (AvgIpc) is 2.49. The fourth-order valence-electron chi connectivity index (χ4n) is 3.06. The third-order valence-corrected chi connectivity index (χ3v) is 4.52. The van der Waals surface area contributed by atoms with E-state index in [-0.39, 0.29) is 0 Å². The van der Waals surface area contributed by atoms with Crippen LogP contribution in [0.1, 0.15) is 63.6 Å². The number of hydrogen-bond donors (Lipinski definition) is 1. The second-order valence-corrected chi connectivity index (χ2v) is 5.86. The van der Waals surface area contributed by atoms with Crippen LogP contribution in [-0.2, 0) is 6.42 Å². The summed E-state index contributed by atoms with van der Waals surface area (Å²) in [6.07, 6.45) is 6.14. The molecule has 0 aliphatic heterocycles. The van der Waals surface area contributed by atoms with Crippen molar-refractivity contribution in [2.45, 2.75) is 58.9 Å². The molecule has 0 radical (unpaired) electrons. The molecule has 0 amide bonds. The minimum atomic E-state index is 0.514. The van der Waals surface area contributed by atoms with Crippen molar-refractivity contribution in [3.05, 3.63) is 29.3 Å². The van der Waals surface area contributed by atoms with Crippen LogP contribution < -0.4 is 10.1 Å². The van der Waals surface area contributed by atoms with Crippen molar-refractivity contribution in [3.8, 4) is 5.75 Å². The van der Waals surface area contributed by atoms with Gasteiger partial charge in [0.2, 0.25) is 0 Å². The van der Waals surface area contributed by atoms with Gasteiger partial charge in [0.15, 0.2) is 0 Å². The van der Waals surface area contributed by atoms with Crippen LogP contribution in [0.2, 0.25) is 0 Å². The van der Waals surface area contributed by atoms with Crippen molar-refractivity contribution in [3.63, 3.8) is 0 Å². The smallest absolute Gasteiger partial charge is 0.119 e. The maximum atomic E-state index is 6.01. The Morgan fingerprint density at radius 1 is 1.25 bits per heavy atom. The highest BCUT2D eigenvalue weighted by Crippen LogP contribution is 2.32. The van der Waals surface area contributed by atoms with E-state index in [1.54, 1.807) is 0 Å². The van der Waals surface area contributed by atoms with Crippen molar-refractivity contribution >= 4 is 0 Å². The fourth-order valence-corrected chi connectivity index (χ4v) is 3.06. The van der Waals surface area contributed by atoms with Gasteiger partial charge in [-0.25, -0.2) is 0 Å². The predicted molar refractivity (Wildman–Crippen MR) is 85.4 cm³/mol. The number of rotatable bonds is 7. The van der Waals surface area contributed by atoms with Gasteiger partial charge in [0.1, 0.15) is 5.75 Å². The van der Waals surface area contributed by atoms with Gasteiger partial charge in [-0.15, -0.1) is 0 Å². The maximum Gasteiger partial charge on any atom is 0.119 e. The molecule has 0 fully saturated rings. The molecule has 2 heteroatoms. The molecule has 0 heterocycles. The molecule has 20 heavy (non-hydrogen) atoms. The molecule has 1 aliphatic carbocycles. The lowest BCUT2D eigenvalue weighted by Gasteiger charge is -2.27. The van der Waals surface area contributed by atoms with E-state index in [0.717, 1.165) is 18.9 Å². The van der Waals surface area contributed by atoms with E-state index in [1.165, 1.54) is 43.2 Å².